The van der Waals surface area contributed by atoms with Gasteiger partial charge in [-0.15, -0.1) is 0 Å². The van der Waals surface area contributed by atoms with Crippen LogP contribution in [0.4, 0.5) is 5.95 Å². The van der Waals surface area contributed by atoms with Gasteiger partial charge in [0.05, 0.1) is 32.2 Å². The van der Waals surface area contributed by atoms with Gasteiger partial charge in [0, 0.05) is 6.54 Å². The summed E-state index contributed by atoms with van der Waals surface area (Å²) in [6.07, 6.45) is 1.32. The molecule has 2 atom stereocenters. The summed E-state index contributed by atoms with van der Waals surface area (Å²) in [4.78, 5) is 63.8. The number of hydroxylamine groups is 1. The zero-order valence-corrected chi connectivity index (χ0v) is 19.9. The first-order valence-corrected chi connectivity index (χ1v) is 12.3. The number of anilines is 1. The lowest BCUT2D eigenvalue weighted by molar-refractivity contribution is -0.203. The van der Waals surface area contributed by atoms with Crippen molar-refractivity contribution in [3.05, 3.63) is 52.6 Å². The largest absolute Gasteiger partial charge is 0.393 e. The smallest absolute Gasteiger partial charge is 0.353 e. The van der Waals surface area contributed by atoms with Gasteiger partial charge in [0.25, 0.3) is 5.56 Å². The number of fused-ring (bicyclic) bond motifs is 1. The molecule has 1 unspecified atom stereocenters. The molecule has 2 heterocycles. The van der Waals surface area contributed by atoms with Gasteiger partial charge < -0.3 is 34.4 Å². The summed E-state index contributed by atoms with van der Waals surface area (Å²) in [5, 5.41) is 2.76. The summed E-state index contributed by atoms with van der Waals surface area (Å²) in [7, 11) is -5.34. The number of hydrogen-bond donors (Lipinski definition) is 6. The van der Waals surface area contributed by atoms with Crippen molar-refractivity contribution in [1.29, 1.82) is 0 Å². The molecule has 0 spiro atoms. The molecule has 15 heteroatoms. The quantitative estimate of drug-likeness (QED) is 0.0765. The molecule has 0 saturated carbocycles. The Morgan fingerprint density at radius 2 is 2.00 bits per heavy atom. The summed E-state index contributed by atoms with van der Waals surface area (Å²) >= 11 is 0. The number of aromatic nitrogens is 4. The van der Waals surface area contributed by atoms with Crippen LogP contribution in [-0.2, 0) is 30.3 Å². The summed E-state index contributed by atoms with van der Waals surface area (Å²) in [6.45, 7) is 2.46. The van der Waals surface area contributed by atoms with E-state index in [4.69, 9.17) is 14.3 Å². The fourth-order valence-electron chi connectivity index (χ4n) is 3.07. The highest BCUT2D eigenvalue weighted by molar-refractivity contribution is 7.54. The molecule has 14 nitrogen and oxygen atoms in total. The number of Topliss-reactive ketones (excluding diaryl/α,β-unsaturated/α-hetero) is 1. The van der Waals surface area contributed by atoms with Gasteiger partial charge in [-0.1, -0.05) is 30.3 Å². The molecule has 3 rings (SSSR count). The highest BCUT2D eigenvalue weighted by Crippen LogP contribution is 2.53. The van der Waals surface area contributed by atoms with Crippen molar-refractivity contribution in [3.8, 4) is 0 Å². The standard InChI is InChI=1S/C20H27N6O8P/c1-3-34-26-13(2)16(27)20(35(29,30)31,33-11-14-7-5-4-6-8-14)32-10-9-21-19-24-17-15(18(28)25-19)22-12-23-17/h4-8,12-13,26H,3,9-11H2,1-2H3,(H2,29,30,31)(H3,21,22,23,24,25,28)/t13-,20?/m0/s1. The number of imidazole rings is 1. The molecule has 1 aromatic carbocycles. The summed E-state index contributed by atoms with van der Waals surface area (Å²) in [6, 6.07) is 7.37. The van der Waals surface area contributed by atoms with Crippen LogP contribution in [0.3, 0.4) is 0 Å². The summed E-state index contributed by atoms with van der Waals surface area (Å²) in [5.41, 5.74) is -0.0141. The van der Waals surface area contributed by atoms with E-state index in [2.05, 4.69) is 30.7 Å². The maximum absolute atomic E-state index is 13.2. The lowest BCUT2D eigenvalue weighted by Gasteiger charge is -2.34. The molecule has 2 aromatic heterocycles. The van der Waals surface area contributed by atoms with Gasteiger partial charge in [-0.3, -0.25) is 19.1 Å². The first-order chi connectivity index (χ1) is 16.7. The Morgan fingerprint density at radius 1 is 1.26 bits per heavy atom. The van der Waals surface area contributed by atoms with Crippen molar-refractivity contribution in [3.63, 3.8) is 0 Å². The van der Waals surface area contributed by atoms with Crippen molar-refractivity contribution in [1.82, 2.24) is 25.4 Å². The van der Waals surface area contributed by atoms with E-state index in [1.165, 1.54) is 13.3 Å². The molecule has 0 fully saturated rings. The molecule has 6 N–H and O–H groups in total. The van der Waals surface area contributed by atoms with Gasteiger partial charge in [0.15, 0.2) is 11.2 Å². The van der Waals surface area contributed by atoms with E-state index in [-0.39, 0.29) is 36.9 Å². The van der Waals surface area contributed by atoms with Crippen LogP contribution >= 0.6 is 7.60 Å². The van der Waals surface area contributed by atoms with Crippen molar-refractivity contribution < 1.29 is 33.5 Å². The molecular formula is C20H27N6O8P. The molecule has 0 aliphatic heterocycles. The first kappa shape index (κ1) is 26.6. The number of benzene rings is 1. The number of H-pyrrole nitrogens is 2. The van der Waals surface area contributed by atoms with Crippen molar-refractivity contribution in [2.75, 3.05) is 25.1 Å². The van der Waals surface area contributed by atoms with Crippen LogP contribution in [0.2, 0.25) is 0 Å². The van der Waals surface area contributed by atoms with Gasteiger partial charge >= 0.3 is 13.1 Å². The summed E-state index contributed by atoms with van der Waals surface area (Å²) < 4.78 is 23.6. The maximum atomic E-state index is 13.2. The van der Waals surface area contributed by atoms with Gasteiger partial charge in [-0.05, 0) is 19.4 Å². The van der Waals surface area contributed by atoms with Gasteiger partial charge in [0.1, 0.15) is 0 Å². The highest BCUT2D eigenvalue weighted by Gasteiger charge is 2.58. The molecule has 0 radical (unpaired) electrons. The average molecular weight is 510 g/mol. The molecule has 35 heavy (non-hydrogen) atoms. The molecular weight excluding hydrogens is 483 g/mol. The number of nitrogens with zero attached hydrogens (tertiary/aromatic N) is 2. The normalized spacial score (nSPS) is 14.5. The van der Waals surface area contributed by atoms with E-state index < -0.39 is 37.1 Å². The van der Waals surface area contributed by atoms with E-state index in [0.717, 1.165) is 0 Å². The highest BCUT2D eigenvalue weighted by atomic mass is 31.2. The van der Waals surface area contributed by atoms with E-state index in [9.17, 15) is 23.9 Å². The van der Waals surface area contributed by atoms with Gasteiger partial charge in [-0.2, -0.15) is 10.5 Å². The topological polar surface area (TPSA) is 201 Å². The minimum Gasteiger partial charge on any atom is -0.353 e. The Hall–Kier alpha value is -2.97. The molecule has 0 saturated heterocycles. The number of aromatic amines is 2. The number of nitrogens with one attached hydrogen (secondary N) is 4. The molecule has 0 aliphatic carbocycles. The number of ketones is 1. The van der Waals surface area contributed by atoms with Crippen LogP contribution in [0.5, 0.6) is 0 Å². The fourth-order valence-corrected chi connectivity index (χ4v) is 4.04. The molecule has 0 amide bonds. The number of hydrogen-bond acceptors (Lipinski definition) is 10. The SMILES string of the molecule is CCON[C@@H](C)C(=O)C(OCCNc1nc2nc[nH]c2c(=O)[nH]1)(OCc1ccccc1)P(=O)(O)O. The Labute approximate surface area is 199 Å². The zero-order chi connectivity index (χ0) is 25.5. The van der Waals surface area contributed by atoms with Crippen molar-refractivity contribution in [2.45, 2.75) is 32.0 Å². The first-order valence-electron chi connectivity index (χ1n) is 10.6. The van der Waals surface area contributed by atoms with Crippen LogP contribution in [0.1, 0.15) is 19.4 Å². The van der Waals surface area contributed by atoms with Gasteiger partial charge in [0.2, 0.25) is 11.7 Å². The molecule has 3 aromatic rings. The lowest BCUT2D eigenvalue weighted by Crippen LogP contribution is -2.52. The lowest BCUT2D eigenvalue weighted by atomic mass is 10.2. The number of ether oxygens (including phenoxy) is 2. The number of carbonyl (C=O) groups excluding carboxylic acids is 1. The third-order valence-corrected chi connectivity index (χ3v) is 6.00. The second-order valence-electron chi connectivity index (χ2n) is 7.33. The van der Waals surface area contributed by atoms with Crippen molar-refractivity contribution >= 4 is 30.5 Å². The minimum absolute atomic E-state index is 0.0582. The van der Waals surface area contributed by atoms with Gasteiger partial charge in [-0.25, -0.2) is 4.98 Å². The van der Waals surface area contributed by atoms with E-state index in [1.54, 1.807) is 37.3 Å². The van der Waals surface area contributed by atoms with Crippen LogP contribution < -0.4 is 16.4 Å². The van der Waals surface area contributed by atoms with E-state index in [1.807, 2.05) is 0 Å². The Kier molecular flexibility index (Phi) is 8.86. The molecule has 0 bridgehead atoms. The second-order valence-corrected chi connectivity index (χ2v) is 9.00. The predicted octanol–water partition coefficient (Wildman–Crippen LogP) is 0.622. The maximum Gasteiger partial charge on any atom is 0.393 e. The second kappa shape index (κ2) is 11.6. The summed E-state index contributed by atoms with van der Waals surface area (Å²) in [5.74, 6) is -0.998. The third-order valence-electron chi connectivity index (χ3n) is 4.76. The van der Waals surface area contributed by atoms with Crippen molar-refractivity contribution in [2.24, 2.45) is 0 Å². The monoisotopic (exact) mass is 510 g/mol. The molecule has 0 aliphatic rings. The Morgan fingerprint density at radius 3 is 2.69 bits per heavy atom. The Bertz CT molecular complexity index is 1230. The number of rotatable bonds is 14. The van der Waals surface area contributed by atoms with E-state index in [0.29, 0.717) is 5.56 Å². The van der Waals surface area contributed by atoms with Crippen LogP contribution in [0.15, 0.2) is 41.5 Å². The minimum atomic E-state index is -5.34. The van der Waals surface area contributed by atoms with E-state index >= 15 is 0 Å². The third kappa shape index (κ3) is 6.38. The predicted molar refractivity (Wildman–Crippen MR) is 124 cm³/mol. The average Bonchev–Trinajstić information content (AvgIpc) is 3.31. The number of carbonyl (C=O) groups is 1. The molecule has 190 valence electrons. The van der Waals surface area contributed by atoms with Crippen LogP contribution in [0, 0.1) is 0 Å². The fraction of sp³-hybridized carbons (Fsp3) is 0.400. The zero-order valence-electron chi connectivity index (χ0n) is 19.1. The Balaban J connectivity index is 1.78. The van der Waals surface area contributed by atoms with Crippen LogP contribution in [-0.4, -0.2) is 66.8 Å². The van der Waals surface area contributed by atoms with Crippen LogP contribution in [0.25, 0.3) is 11.2 Å².